The van der Waals surface area contributed by atoms with Crippen LogP contribution in [0.5, 0.6) is 0 Å². The predicted molar refractivity (Wildman–Crippen MR) is 80.0 cm³/mol. The van der Waals surface area contributed by atoms with Crippen molar-refractivity contribution in [1.82, 2.24) is 0 Å². The fraction of sp³-hybridized carbons (Fsp3) is 0.500. The lowest BCUT2D eigenvalue weighted by Gasteiger charge is -2.36. The van der Waals surface area contributed by atoms with Gasteiger partial charge in [0.15, 0.2) is 0 Å². The van der Waals surface area contributed by atoms with E-state index in [2.05, 4.69) is 13.1 Å². The highest BCUT2D eigenvalue weighted by atomic mass is 28.3. The molecule has 2 rings (SSSR count). The second-order valence-electron chi connectivity index (χ2n) is 6.22. The number of ether oxygens (including phenoxy) is 1. The molecule has 0 amide bonds. The van der Waals surface area contributed by atoms with Gasteiger partial charge in [-0.15, -0.1) is 0 Å². The molecule has 7 heteroatoms. The molecule has 0 spiro atoms. The first-order chi connectivity index (χ1) is 9.78. The molecule has 6 nitrogen and oxygen atoms in total. The number of hydrogen-bond donors (Lipinski definition) is 1. The molecule has 0 radical (unpaired) electrons. The Hall–Kier alpha value is -1.73. The first kappa shape index (κ1) is 15.7. The van der Waals surface area contributed by atoms with Gasteiger partial charge in [0, 0.05) is 12.1 Å². The summed E-state index contributed by atoms with van der Waals surface area (Å²) >= 11 is 0. The van der Waals surface area contributed by atoms with Crippen LogP contribution in [-0.4, -0.2) is 36.3 Å². The molecule has 1 N–H and O–H groups in total. The normalized spacial score (nSPS) is 24.3. The van der Waals surface area contributed by atoms with Gasteiger partial charge in [-0.3, -0.25) is 10.1 Å². The maximum absolute atomic E-state index is 12.1. The van der Waals surface area contributed by atoms with Crippen LogP contribution in [0.1, 0.15) is 16.8 Å². The van der Waals surface area contributed by atoms with Crippen LogP contribution in [-0.2, 0) is 4.74 Å². The van der Waals surface area contributed by atoms with Crippen LogP contribution in [0.15, 0.2) is 24.3 Å². The Morgan fingerprint density at radius 3 is 2.57 bits per heavy atom. The van der Waals surface area contributed by atoms with E-state index in [-0.39, 0.29) is 11.3 Å². The van der Waals surface area contributed by atoms with Gasteiger partial charge < -0.3 is 9.84 Å². The number of esters is 1. The van der Waals surface area contributed by atoms with Crippen LogP contribution in [0.3, 0.4) is 0 Å². The number of aliphatic hydroxyl groups is 1. The lowest BCUT2D eigenvalue weighted by atomic mass is 10.1. The van der Waals surface area contributed by atoms with E-state index in [1.807, 2.05) is 0 Å². The van der Waals surface area contributed by atoms with E-state index in [0.29, 0.717) is 6.42 Å². The zero-order chi connectivity index (χ0) is 15.6. The molecule has 114 valence electrons. The number of hydrogen-bond acceptors (Lipinski definition) is 5. The van der Waals surface area contributed by atoms with Crippen LogP contribution in [0.4, 0.5) is 5.69 Å². The first-order valence-electron chi connectivity index (χ1n) is 6.92. The lowest BCUT2D eigenvalue weighted by molar-refractivity contribution is -0.384. The zero-order valence-corrected chi connectivity index (χ0v) is 13.1. The standard InChI is InChI=1S/C14H19NO5Si/c1-21(2)8-7-12(16)13(9-21)20-14(17)10-3-5-11(6-4-10)15(18)19/h3-6,12-13,16H,7-9H2,1-2H3/t12-,13+/m1/s1. The molecular weight excluding hydrogens is 290 g/mol. The molecule has 2 atom stereocenters. The molecule has 0 aromatic heterocycles. The van der Waals surface area contributed by atoms with E-state index in [1.54, 1.807) is 0 Å². The molecular formula is C14H19NO5Si. The highest BCUT2D eigenvalue weighted by Gasteiger charge is 2.37. The Bertz CT molecular complexity index is 543. The average molecular weight is 309 g/mol. The summed E-state index contributed by atoms with van der Waals surface area (Å²) in [4.78, 5) is 22.1. The molecule has 0 saturated carbocycles. The summed E-state index contributed by atoms with van der Waals surface area (Å²) in [7, 11) is -1.41. The van der Waals surface area contributed by atoms with Crippen LogP contribution in [0.25, 0.3) is 0 Å². The smallest absolute Gasteiger partial charge is 0.338 e. The van der Waals surface area contributed by atoms with Gasteiger partial charge in [-0.05, 0) is 24.6 Å². The Morgan fingerprint density at radius 1 is 1.38 bits per heavy atom. The third-order valence-electron chi connectivity index (χ3n) is 3.87. The summed E-state index contributed by atoms with van der Waals surface area (Å²) in [6.07, 6.45) is -0.423. The Morgan fingerprint density at radius 2 is 2.00 bits per heavy atom. The van der Waals surface area contributed by atoms with E-state index in [0.717, 1.165) is 12.1 Å². The quantitative estimate of drug-likeness (QED) is 0.401. The van der Waals surface area contributed by atoms with Gasteiger partial charge in [-0.25, -0.2) is 4.79 Å². The first-order valence-corrected chi connectivity index (χ1v) is 10.3. The van der Waals surface area contributed by atoms with Crippen molar-refractivity contribution in [3.05, 3.63) is 39.9 Å². The van der Waals surface area contributed by atoms with E-state index in [1.165, 1.54) is 24.3 Å². The van der Waals surface area contributed by atoms with Crippen molar-refractivity contribution in [2.24, 2.45) is 0 Å². The summed E-state index contributed by atoms with van der Waals surface area (Å²) in [5, 5.41) is 20.5. The van der Waals surface area contributed by atoms with E-state index >= 15 is 0 Å². The fourth-order valence-corrected chi connectivity index (χ4v) is 5.28. The van der Waals surface area contributed by atoms with Crippen molar-refractivity contribution in [3.63, 3.8) is 0 Å². The summed E-state index contributed by atoms with van der Waals surface area (Å²) < 4.78 is 5.40. The van der Waals surface area contributed by atoms with E-state index < -0.39 is 31.2 Å². The predicted octanol–water partition coefficient (Wildman–Crippen LogP) is 2.59. The maximum Gasteiger partial charge on any atom is 0.338 e. The number of benzene rings is 1. The minimum absolute atomic E-state index is 0.0715. The second kappa shape index (κ2) is 5.95. The third kappa shape index (κ3) is 3.89. The number of carbonyl (C=O) groups excluding carboxylic acids is 1. The molecule has 1 aromatic carbocycles. The monoisotopic (exact) mass is 309 g/mol. The van der Waals surface area contributed by atoms with Crippen LogP contribution in [0, 0.1) is 10.1 Å². The van der Waals surface area contributed by atoms with Crippen molar-refractivity contribution in [2.45, 2.75) is 43.8 Å². The zero-order valence-electron chi connectivity index (χ0n) is 12.1. The fourth-order valence-electron chi connectivity index (χ4n) is 2.55. The van der Waals surface area contributed by atoms with E-state index in [4.69, 9.17) is 4.74 Å². The number of aliphatic hydroxyl groups excluding tert-OH is 1. The van der Waals surface area contributed by atoms with Crippen molar-refractivity contribution < 1.29 is 19.6 Å². The summed E-state index contributed by atoms with van der Waals surface area (Å²) in [6.45, 7) is 4.43. The van der Waals surface area contributed by atoms with Crippen molar-refractivity contribution in [2.75, 3.05) is 0 Å². The molecule has 1 aliphatic rings. The van der Waals surface area contributed by atoms with Gasteiger partial charge in [0.2, 0.25) is 0 Å². The topological polar surface area (TPSA) is 89.7 Å². The molecule has 1 heterocycles. The number of nitro benzene ring substituents is 1. The molecule has 1 aromatic rings. The minimum Gasteiger partial charge on any atom is -0.456 e. The van der Waals surface area contributed by atoms with Crippen molar-refractivity contribution in [1.29, 1.82) is 0 Å². The number of nitro groups is 1. The Labute approximate surface area is 123 Å². The molecule has 1 saturated heterocycles. The molecule has 1 aliphatic heterocycles. The highest BCUT2D eigenvalue weighted by molar-refractivity contribution is 6.77. The largest absolute Gasteiger partial charge is 0.456 e. The molecule has 21 heavy (non-hydrogen) atoms. The van der Waals surface area contributed by atoms with Crippen molar-refractivity contribution >= 4 is 19.7 Å². The molecule has 1 fully saturated rings. The number of nitrogens with zero attached hydrogens (tertiary/aromatic N) is 1. The third-order valence-corrected chi connectivity index (χ3v) is 7.02. The number of non-ortho nitro benzene ring substituents is 1. The lowest BCUT2D eigenvalue weighted by Crippen LogP contribution is -2.45. The Balaban J connectivity index is 2.05. The Kier molecular flexibility index (Phi) is 4.43. The van der Waals surface area contributed by atoms with Gasteiger partial charge in [0.05, 0.1) is 24.7 Å². The van der Waals surface area contributed by atoms with Gasteiger partial charge in [-0.1, -0.05) is 19.1 Å². The van der Waals surface area contributed by atoms with Crippen LogP contribution >= 0.6 is 0 Å². The van der Waals surface area contributed by atoms with Crippen molar-refractivity contribution in [3.8, 4) is 0 Å². The number of carbonyl (C=O) groups is 1. The molecule has 0 aliphatic carbocycles. The highest BCUT2D eigenvalue weighted by Crippen LogP contribution is 2.31. The SMILES string of the molecule is C[Si]1(C)CC[C@@H](O)[C@@H](OC(=O)c2ccc([N+](=O)[O-])cc2)C1. The summed E-state index contributed by atoms with van der Waals surface area (Å²) in [6, 6.07) is 7.06. The average Bonchev–Trinajstić information content (AvgIpc) is 2.42. The van der Waals surface area contributed by atoms with Crippen LogP contribution < -0.4 is 0 Å². The van der Waals surface area contributed by atoms with Gasteiger partial charge in [0.25, 0.3) is 5.69 Å². The molecule has 0 bridgehead atoms. The van der Waals surface area contributed by atoms with Gasteiger partial charge in [-0.2, -0.15) is 0 Å². The summed E-state index contributed by atoms with van der Waals surface area (Å²) in [5.74, 6) is -0.541. The molecule has 0 unspecified atom stereocenters. The number of rotatable bonds is 3. The van der Waals surface area contributed by atoms with E-state index in [9.17, 15) is 20.0 Å². The van der Waals surface area contributed by atoms with Gasteiger partial charge >= 0.3 is 5.97 Å². The maximum atomic E-state index is 12.1. The summed E-state index contributed by atoms with van der Waals surface area (Å²) in [5.41, 5.74) is 0.190. The van der Waals surface area contributed by atoms with Gasteiger partial charge in [0.1, 0.15) is 6.10 Å². The van der Waals surface area contributed by atoms with Crippen LogP contribution in [0.2, 0.25) is 25.2 Å². The minimum atomic E-state index is -1.41. The second-order valence-corrected chi connectivity index (χ2v) is 11.5.